The second-order valence-corrected chi connectivity index (χ2v) is 5.96. The highest BCUT2D eigenvalue weighted by Crippen LogP contribution is 2.17. The van der Waals surface area contributed by atoms with E-state index in [4.69, 9.17) is 14.2 Å². The van der Waals surface area contributed by atoms with Crippen LogP contribution in [0.1, 0.15) is 31.7 Å². The van der Waals surface area contributed by atoms with Gasteiger partial charge >= 0.3 is 12.1 Å². The van der Waals surface area contributed by atoms with Gasteiger partial charge in [-0.2, -0.15) is 0 Å². The Labute approximate surface area is 156 Å². The van der Waals surface area contributed by atoms with Crippen LogP contribution in [0.25, 0.3) is 0 Å². The van der Waals surface area contributed by atoms with Crippen molar-refractivity contribution in [3.05, 3.63) is 29.8 Å². The molecule has 1 aromatic carbocycles. The number of carbonyl (C=O) groups is 4. The summed E-state index contributed by atoms with van der Waals surface area (Å²) in [5.74, 6) is -1.45. The molecule has 0 N–H and O–H groups in total. The molecule has 0 aromatic heterocycles. The summed E-state index contributed by atoms with van der Waals surface area (Å²) in [5, 5.41) is 0.412. The van der Waals surface area contributed by atoms with Gasteiger partial charge in [0.15, 0.2) is 0 Å². The van der Waals surface area contributed by atoms with Crippen LogP contribution >= 0.6 is 0 Å². The molecule has 1 aliphatic heterocycles. The van der Waals surface area contributed by atoms with Gasteiger partial charge in [0.2, 0.25) is 0 Å². The van der Waals surface area contributed by atoms with Crippen LogP contribution in [-0.4, -0.2) is 42.7 Å². The van der Waals surface area contributed by atoms with Crippen LogP contribution in [0.15, 0.2) is 24.3 Å². The van der Waals surface area contributed by atoms with Gasteiger partial charge < -0.3 is 14.2 Å². The number of carbonyl (C=O) groups excluding carboxylic acids is 4. The molecule has 0 bridgehead atoms. The van der Waals surface area contributed by atoms with Gasteiger partial charge in [-0.25, -0.2) is 4.79 Å². The van der Waals surface area contributed by atoms with E-state index in [2.05, 4.69) is 4.84 Å². The van der Waals surface area contributed by atoms with Crippen molar-refractivity contribution < 1.29 is 38.2 Å². The number of esters is 1. The Balaban J connectivity index is 1.78. The standard InChI is InChI=1S/C18H21NO8/c1-12(9-10-24-2)17(22)26-14-5-3-13(4-6-14)11-25-18(23)27-19-15(20)7-8-16(19)21/h3-6,12H,7-11H2,1-2H3. The first kappa shape index (κ1) is 20.4. The van der Waals surface area contributed by atoms with Gasteiger partial charge in [-0.3, -0.25) is 19.2 Å². The molecule has 1 fully saturated rings. The third kappa shape index (κ3) is 6.07. The van der Waals surface area contributed by atoms with Crippen LogP contribution in [0.5, 0.6) is 5.75 Å². The molecule has 0 aliphatic carbocycles. The Morgan fingerprint density at radius 1 is 1.11 bits per heavy atom. The highest BCUT2D eigenvalue weighted by atomic mass is 16.8. The molecule has 0 spiro atoms. The molecule has 1 saturated heterocycles. The van der Waals surface area contributed by atoms with Gasteiger partial charge in [-0.05, 0) is 24.1 Å². The first-order valence-electron chi connectivity index (χ1n) is 8.40. The fourth-order valence-corrected chi connectivity index (χ4v) is 2.18. The summed E-state index contributed by atoms with van der Waals surface area (Å²) in [4.78, 5) is 50.8. The molecule has 9 nitrogen and oxygen atoms in total. The Kier molecular flexibility index (Phi) is 7.30. The predicted molar refractivity (Wildman–Crippen MR) is 90.1 cm³/mol. The zero-order valence-corrected chi connectivity index (χ0v) is 15.1. The van der Waals surface area contributed by atoms with Crippen molar-refractivity contribution in [1.82, 2.24) is 5.06 Å². The number of imide groups is 1. The maximum atomic E-state index is 11.9. The minimum atomic E-state index is -1.15. The number of rotatable bonds is 8. The number of methoxy groups -OCH3 is 1. The van der Waals surface area contributed by atoms with Crippen LogP contribution in [0.3, 0.4) is 0 Å². The van der Waals surface area contributed by atoms with Crippen molar-refractivity contribution >= 4 is 23.9 Å². The molecule has 146 valence electrons. The van der Waals surface area contributed by atoms with E-state index in [1.165, 1.54) is 0 Å². The maximum Gasteiger partial charge on any atom is 0.534 e. The Bertz CT molecular complexity index is 684. The third-order valence-electron chi connectivity index (χ3n) is 3.83. The monoisotopic (exact) mass is 379 g/mol. The van der Waals surface area contributed by atoms with E-state index < -0.39 is 18.0 Å². The van der Waals surface area contributed by atoms with Gasteiger partial charge in [0.05, 0.1) is 5.92 Å². The SMILES string of the molecule is COCCC(C)C(=O)Oc1ccc(COC(=O)ON2C(=O)CCC2=O)cc1. The summed E-state index contributed by atoms with van der Waals surface area (Å²) in [6.07, 6.45) is -0.570. The van der Waals surface area contributed by atoms with Crippen molar-refractivity contribution in [2.75, 3.05) is 13.7 Å². The molecular weight excluding hydrogens is 358 g/mol. The Morgan fingerprint density at radius 3 is 2.33 bits per heavy atom. The van der Waals surface area contributed by atoms with E-state index in [1.807, 2.05) is 0 Å². The average molecular weight is 379 g/mol. The van der Waals surface area contributed by atoms with Crippen molar-refractivity contribution in [3.8, 4) is 5.75 Å². The summed E-state index contributed by atoms with van der Waals surface area (Å²) < 4.78 is 15.0. The molecule has 1 aliphatic rings. The van der Waals surface area contributed by atoms with E-state index in [9.17, 15) is 19.2 Å². The van der Waals surface area contributed by atoms with Crippen molar-refractivity contribution in [2.24, 2.45) is 5.92 Å². The topological polar surface area (TPSA) is 108 Å². The number of benzene rings is 1. The lowest BCUT2D eigenvalue weighted by Gasteiger charge is -2.13. The van der Waals surface area contributed by atoms with Gasteiger partial charge in [-0.15, -0.1) is 0 Å². The van der Waals surface area contributed by atoms with Gasteiger partial charge in [0.1, 0.15) is 12.4 Å². The van der Waals surface area contributed by atoms with Crippen LogP contribution in [0.2, 0.25) is 0 Å². The predicted octanol–water partition coefficient (Wildman–Crippen LogP) is 1.98. The smallest absolute Gasteiger partial charge is 0.428 e. The first-order chi connectivity index (χ1) is 12.9. The zero-order chi connectivity index (χ0) is 19.8. The highest BCUT2D eigenvalue weighted by molar-refractivity contribution is 6.01. The summed E-state index contributed by atoms with van der Waals surface area (Å²) in [7, 11) is 1.56. The van der Waals surface area contributed by atoms with E-state index in [-0.39, 0.29) is 31.3 Å². The van der Waals surface area contributed by atoms with Crippen molar-refractivity contribution in [2.45, 2.75) is 32.8 Å². The van der Waals surface area contributed by atoms with E-state index in [0.717, 1.165) is 0 Å². The van der Waals surface area contributed by atoms with Crippen molar-refractivity contribution in [1.29, 1.82) is 0 Å². The molecule has 1 aromatic rings. The number of ether oxygens (including phenoxy) is 3. The average Bonchev–Trinajstić information content (AvgIpc) is 2.97. The second kappa shape index (κ2) is 9.67. The number of hydrogen-bond acceptors (Lipinski definition) is 8. The fraction of sp³-hybridized carbons (Fsp3) is 0.444. The van der Waals surface area contributed by atoms with E-state index in [1.54, 1.807) is 38.3 Å². The second-order valence-electron chi connectivity index (χ2n) is 5.96. The zero-order valence-electron chi connectivity index (χ0n) is 15.1. The largest absolute Gasteiger partial charge is 0.534 e. The fourth-order valence-electron chi connectivity index (χ4n) is 2.18. The first-order valence-corrected chi connectivity index (χ1v) is 8.40. The number of nitrogens with zero attached hydrogens (tertiary/aromatic N) is 1. The molecule has 2 amide bonds. The number of hydrogen-bond donors (Lipinski definition) is 0. The highest BCUT2D eigenvalue weighted by Gasteiger charge is 2.33. The molecule has 0 saturated carbocycles. The molecule has 2 rings (SSSR count). The lowest BCUT2D eigenvalue weighted by Crippen LogP contribution is -2.32. The molecule has 9 heteroatoms. The molecule has 1 unspecified atom stereocenters. The van der Waals surface area contributed by atoms with Gasteiger partial charge in [-0.1, -0.05) is 24.1 Å². The lowest BCUT2D eigenvalue weighted by molar-refractivity contribution is -0.177. The van der Waals surface area contributed by atoms with Crippen LogP contribution < -0.4 is 4.74 Å². The maximum absolute atomic E-state index is 11.9. The molecule has 1 atom stereocenters. The van der Waals surface area contributed by atoms with Crippen LogP contribution in [0, 0.1) is 5.92 Å². The van der Waals surface area contributed by atoms with Crippen molar-refractivity contribution in [3.63, 3.8) is 0 Å². The number of hydroxylamine groups is 2. The molecule has 27 heavy (non-hydrogen) atoms. The van der Waals surface area contributed by atoms with Crippen LogP contribution in [-0.2, 0) is 35.3 Å². The third-order valence-corrected chi connectivity index (χ3v) is 3.83. The normalized spacial score (nSPS) is 14.8. The Morgan fingerprint density at radius 2 is 1.74 bits per heavy atom. The van der Waals surface area contributed by atoms with Crippen LogP contribution in [0.4, 0.5) is 4.79 Å². The lowest BCUT2D eigenvalue weighted by atomic mass is 10.1. The summed E-state index contributed by atoms with van der Waals surface area (Å²) in [6.45, 7) is 2.09. The van der Waals surface area contributed by atoms with Gasteiger partial charge in [0.25, 0.3) is 11.8 Å². The summed E-state index contributed by atoms with van der Waals surface area (Å²) >= 11 is 0. The molecule has 0 radical (unpaired) electrons. The number of amides is 2. The molecule has 1 heterocycles. The van der Waals surface area contributed by atoms with E-state index >= 15 is 0 Å². The summed E-state index contributed by atoms with van der Waals surface area (Å²) in [5.41, 5.74) is 0.609. The molecular formula is C18H21NO8. The minimum absolute atomic E-state index is 0.0103. The van der Waals surface area contributed by atoms with E-state index in [0.29, 0.717) is 29.4 Å². The summed E-state index contributed by atoms with van der Waals surface area (Å²) in [6, 6.07) is 6.36. The quantitative estimate of drug-likeness (QED) is 0.383. The Hall–Kier alpha value is -2.94. The minimum Gasteiger partial charge on any atom is -0.428 e. The van der Waals surface area contributed by atoms with Gasteiger partial charge in [0, 0.05) is 26.6 Å².